The van der Waals surface area contributed by atoms with Crippen LogP contribution in [0.15, 0.2) is 30.7 Å². The second-order valence-electron chi connectivity index (χ2n) is 3.59. The fourth-order valence-corrected chi connectivity index (χ4v) is 1.56. The summed E-state index contributed by atoms with van der Waals surface area (Å²) in [5.74, 6) is -0.754. The Hall–Kier alpha value is -2.18. The van der Waals surface area contributed by atoms with Crippen molar-refractivity contribution >= 4 is 5.78 Å². The minimum atomic E-state index is -4.59. The number of carbonyl (C=O) groups is 1. The molecule has 0 unspecified atom stereocenters. The van der Waals surface area contributed by atoms with Crippen LogP contribution in [0.5, 0.6) is 0 Å². The topological polar surface area (TPSA) is 47.8 Å². The lowest BCUT2D eigenvalue weighted by molar-refractivity contribution is -0.137. The van der Waals surface area contributed by atoms with Crippen LogP contribution in [0.25, 0.3) is 0 Å². The molecular formula is C11H8F3N3O. The summed E-state index contributed by atoms with van der Waals surface area (Å²) in [4.78, 5) is 15.6. The van der Waals surface area contributed by atoms with Gasteiger partial charge in [0.1, 0.15) is 5.69 Å². The minimum Gasteiger partial charge on any atom is -0.287 e. The Morgan fingerprint density at radius 3 is 2.56 bits per heavy atom. The predicted molar refractivity (Wildman–Crippen MR) is 55.9 cm³/mol. The highest BCUT2D eigenvalue weighted by Gasteiger charge is 2.35. The maximum Gasteiger partial charge on any atom is 0.417 e. The number of rotatable bonds is 2. The minimum absolute atomic E-state index is 0.0773. The van der Waals surface area contributed by atoms with Gasteiger partial charge in [-0.1, -0.05) is 0 Å². The van der Waals surface area contributed by atoms with Crippen molar-refractivity contribution in [2.45, 2.75) is 6.18 Å². The van der Waals surface area contributed by atoms with E-state index in [0.29, 0.717) is 0 Å². The Morgan fingerprint density at radius 1 is 1.28 bits per heavy atom. The monoisotopic (exact) mass is 255 g/mol. The molecule has 0 N–H and O–H groups in total. The van der Waals surface area contributed by atoms with Gasteiger partial charge >= 0.3 is 6.18 Å². The molecule has 0 aliphatic heterocycles. The molecular weight excluding hydrogens is 247 g/mol. The lowest BCUT2D eigenvalue weighted by atomic mass is 10.0. The van der Waals surface area contributed by atoms with Crippen molar-refractivity contribution in [1.29, 1.82) is 0 Å². The summed E-state index contributed by atoms with van der Waals surface area (Å²) >= 11 is 0. The van der Waals surface area contributed by atoms with E-state index in [1.807, 2.05) is 0 Å². The molecule has 2 heterocycles. The molecule has 0 radical (unpaired) electrons. The quantitative estimate of drug-likeness (QED) is 0.772. The third kappa shape index (κ3) is 2.11. The van der Waals surface area contributed by atoms with Crippen LogP contribution in [0.2, 0.25) is 0 Å². The van der Waals surface area contributed by atoms with Crippen molar-refractivity contribution in [3.63, 3.8) is 0 Å². The van der Waals surface area contributed by atoms with E-state index in [4.69, 9.17) is 0 Å². The van der Waals surface area contributed by atoms with Gasteiger partial charge < -0.3 is 0 Å². The molecule has 0 bridgehead atoms. The number of pyridine rings is 1. The zero-order valence-electron chi connectivity index (χ0n) is 9.27. The molecule has 0 aliphatic rings. The Balaban J connectivity index is 2.53. The molecule has 2 aromatic heterocycles. The van der Waals surface area contributed by atoms with E-state index in [-0.39, 0.29) is 5.69 Å². The smallest absolute Gasteiger partial charge is 0.287 e. The molecule has 4 nitrogen and oxygen atoms in total. The number of alkyl halides is 3. The first kappa shape index (κ1) is 12.3. The zero-order valence-corrected chi connectivity index (χ0v) is 9.27. The lowest BCUT2D eigenvalue weighted by Gasteiger charge is -2.11. The molecule has 0 fully saturated rings. The third-order valence-corrected chi connectivity index (χ3v) is 2.42. The van der Waals surface area contributed by atoms with Gasteiger partial charge in [-0.2, -0.15) is 18.3 Å². The van der Waals surface area contributed by atoms with Gasteiger partial charge in [0.25, 0.3) is 0 Å². The Bertz CT molecular complexity index is 589. The van der Waals surface area contributed by atoms with Crippen LogP contribution < -0.4 is 0 Å². The number of nitrogens with zero attached hydrogens (tertiary/aromatic N) is 3. The van der Waals surface area contributed by atoms with E-state index in [2.05, 4.69) is 10.1 Å². The molecule has 2 rings (SSSR count). The highest BCUT2D eigenvalue weighted by Crippen LogP contribution is 2.32. The average molecular weight is 255 g/mol. The number of aromatic nitrogens is 3. The van der Waals surface area contributed by atoms with Gasteiger partial charge in [0.2, 0.25) is 5.78 Å². The van der Waals surface area contributed by atoms with E-state index in [1.54, 1.807) is 0 Å². The third-order valence-electron chi connectivity index (χ3n) is 2.42. The van der Waals surface area contributed by atoms with Gasteiger partial charge in [-0.3, -0.25) is 14.5 Å². The molecule has 0 saturated carbocycles. The Kier molecular flexibility index (Phi) is 2.90. The van der Waals surface area contributed by atoms with E-state index in [0.717, 1.165) is 18.5 Å². The van der Waals surface area contributed by atoms with Crippen molar-refractivity contribution in [3.05, 3.63) is 47.5 Å². The number of hydrogen-bond acceptors (Lipinski definition) is 3. The largest absolute Gasteiger partial charge is 0.417 e. The van der Waals surface area contributed by atoms with Crippen LogP contribution in [0.4, 0.5) is 13.2 Å². The van der Waals surface area contributed by atoms with Gasteiger partial charge in [0.15, 0.2) is 0 Å². The summed E-state index contributed by atoms with van der Waals surface area (Å²) in [6, 6.07) is 2.14. The number of carbonyl (C=O) groups excluding carboxylic acids is 1. The molecule has 0 spiro atoms. The van der Waals surface area contributed by atoms with Crippen LogP contribution in [0.1, 0.15) is 21.6 Å². The number of ketones is 1. The van der Waals surface area contributed by atoms with Gasteiger partial charge in [0.05, 0.1) is 11.1 Å². The maximum absolute atomic E-state index is 12.7. The number of aryl methyl sites for hydroxylation is 1. The lowest BCUT2D eigenvalue weighted by Crippen LogP contribution is -2.16. The van der Waals surface area contributed by atoms with E-state index < -0.39 is 23.1 Å². The van der Waals surface area contributed by atoms with E-state index in [9.17, 15) is 18.0 Å². The summed E-state index contributed by atoms with van der Waals surface area (Å²) in [5, 5.41) is 3.75. The van der Waals surface area contributed by atoms with Crippen LogP contribution in [0, 0.1) is 0 Å². The van der Waals surface area contributed by atoms with Crippen molar-refractivity contribution in [2.75, 3.05) is 0 Å². The highest BCUT2D eigenvalue weighted by molar-refractivity contribution is 6.08. The summed E-state index contributed by atoms with van der Waals surface area (Å²) in [6.07, 6.45) is -1.33. The van der Waals surface area contributed by atoms with Gasteiger partial charge in [-0.05, 0) is 12.1 Å². The van der Waals surface area contributed by atoms with Crippen molar-refractivity contribution in [2.24, 2.45) is 7.05 Å². The molecule has 0 aromatic carbocycles. The fourth-order valence-electron chi connectivity index (χ4n) is 1.56. The van der Waals surface area contributed by atoms with E-state index >= 15 is 0 Å². The predicted octanol–water partition coefficient (Wildman–Crippen LogP) is 2.06. The fraction of sp³-hybridized carbons (Fsp3) is 0.182. The summed E-state index contributed by atoms with van der Waals surface area (Å²) in [6.45, 7) is 0. The van der Waals surface area contributed by atoms with Crippen molar-refractivity contribution in [1.82, 2.24) is 14.8 Å². The van der Waals surface area contributed by atoms with Crippen molar-refractivity contribution in [3.8, 4) is 0 Å². The van der Waals surface area contributed by atoms with Gasteiger partial charge in [0, 0.05) is 25.6 Å². The number of hydrogen-bond donors (Lipinski definition) is 0. The van der Waals surface area contributed by atoms with Gasteiger partial charge in [-0.15, -0.1) is 0 Å². The first-order valence-corrected chi connectivity index (χ1v) is 4.95. The highest BCUT2D eigenvalue weighted by atomic mass is 19.4. The zero-order chi connectivity index (χ0) is 13.3. The SMILES string of the molecule is Cn1nccc1C(=O)c1cnccc1C(F)(F)F. The molecule has 94 valence electrons. The van der Waals surface area contributed by atoms with Crippen LogP contribution in [-0.2, 0) is 13.2 Å². The first-order chi connectivity index (χ1) is 8.41. The van der Waals surface area contributed by atoms with Crippen molar-refractivity contribution < 1.29 is 18.0 Å². The molecule has 2 aromatic rings. The van der Waals surface area contributed by atoms with Crippen LogP contribution >= 0.6 is 0 Å². The van der Waals surface area contributed by atoms with E-state index in [1.165, 1.54) is 24.0 Å². The van der Waals surface area contributed by atoms with Crippen LogP contribution in [0.3, 0.4) is 0 Å². The summed E-state index contributed by atoms with van der Waals surface area (Å²) < 4.78 is 39.5. The normalized spacial score (nSPS) is 11.6. The van der Waals surface area contributed by atoms with Crippen LogP contribution in [-0.4, -0.2) is 20.5 Å². The average Bonchev–Trinajstić information content (AvgIpc) is 2.73. The molecule has 7 heteroatoms. The number of halogens is 3. The summed E-state index contributed by atoms with van der Waals surface area (Å²) in [5.41, 5.74) is -1.40. The molecule has 0 atom stereocenters. The van der Waals surface area contributed by atoms with Gasteiger partial charge in [-0.25, -0.2) is 0 Å². The second-order valence-corrected chi connectivity index (χ2v) is 3.59. The Labute approximate surface area is 100 Å². The molecule has 18 heavy (non-hydrogen) atoms. The Morgan fingerprint density at radius 2 is 2.00 bits per heavy atom. The maximum atomic E-state index is 12.7. The first-order valence-electron chi connectivity index (χ1n) is 4.95. The standard InChI is InChI=1S/C11H8F3N3O/c1-17-9(3-5-16-17)10(18)7-6-15-4-2-8(7)11(12,13)14/h2-6H,1H3. The molecule has 0 amide bonds. The summed E-state index contributed by atoms with van der Waals surface area (Å²) in [7, 11) is 1.48. The molecule has 0 aliphatic carbocycles. The molecule has 0 saturated heterocycles. The second kappa shape index (κ2) is 4.25.